The number of carbonyl (C=O) groups is 1. The zero-order valence-electron chi connectivity index (χ0n) is 13.9. The van der Waals surface area contributed by atoms with E-state index >= 15 is 0 Å². The van der Waals surface area contributed by atoms with Gasteiger partial charge in [-0.2, -0.15) is 4.98 Å². The summed E-state index contributed by atoms with van der Waals surface area (Å²) in [6.07, 6.45) is 4.41. The van der Waals surface area contributed by atoms with Crippen LogP contribution in [0.1, 0.15) is 25.7 Å². The summed E-state index contributed by atoms with van der Waals surface area (Å²) in [4.78, 5) is 33.2. The third-order valence-electron chi connectivity index (χ3n) is 4.23. The number of hydrogen-bond acceptors (Lipinski definition) is 5. The van der Waals surface area contributed by atoms with Crippen molar-refractivity contribution in [2.75, 3.05) is 18.8 Å². The van der Waals surface area contributed by atoms with Gasteiger partial charge in [-0.3, -0.25) is 9.59 Å². The largest absolute Gasteiger partial charge is 0.493 e. The van der Waals surface area contributed by atoms with Gasteiger partial charge in [-0.25, -0.2) is 0 Å². The van der Waals surface area contributed by atoms with Crippen molar-refractivity contribution in [2.24, 2.45) is 0 Å². The number of nitrogens with one attached hydrogen (secondary N) is 1. The molecule has 6 nitrogen and oxygen atoms in total. The highest BCUT2D eigenvalue weighted by Gasteiger charge is 2.17. The van der Waals surface area contributed by atoms with Gasteiger partial charge in [0, 0.05) is 13.1 Å². The number of amides is 1. The third-order valence-corrected chi connectivity index (χ3v) is 5.09. The van der Waals surface area contributed by atoms with Gasteiger partial charge in [-0.05, 0) is 18.4 Å². The van der Waals surface area contributed by atoms with Crippen LogP contribution >= 0.6 is 11.8 Å². The monoisotopic (exact) mass is 359 g/mol. The summed E-state index contributed by atoms with van der Waals surface area (Å²) in [5, 5.41) is 10.4. The van der Waals surface area contributed by atoms with Crippen molar-refractivity contribution in [3.05, 3.63) is 40.7 Å². The molecule has 1 aliphatic rings. The summed E-state index contributed by atoms with van der Waals surface area (Å²) >= 11 is 1.14. The number of benzene rings is 1. The summed E-state index contributed by atoms with van der Waals surface area (Å²) in [5.74, 6) is -0.0755. The number of thioether (sulfide) groups is 1. The number of aromatic amines is 1. The van der Waals surface area contributed by atoms with Gasteiger partial charge in [-0.1, -0.05) is 54.9 Å². The second kappa shape index (κ2) is 8.20. The maximum Gasteiger partial charge on any atom is 0.263 e. The van der Waals surface area contributed by atoms with E-state index < -0.39 is 5.56 Å². The molecule has 1 aliphatic heterocycles. The maximum atomic E-state index is 12.3. The normalized spacial score (nSPS) is 15.0. The van der Waals surface area contributed by atoms with Crippen molar-refractivity contribution in [1.82, 2.24) is 14.9 Å². The Kier molecular flexibility index (Phi) is 5.75. The molecule has 3 rings (SSSR count). The summed E-state index contributed by atoms with van der Waals surface area (Å²) in [7, 11) is 0. The molecule has 1 saturated heterocycles. The Bertz CT molecular complexity index is 784. The lowest BCUT2D eigenvalue weighted by molar-refractivity contribution is -0.128. The van der Waals surface area contributed by atoms with Gasteiger partial charge in [0.1, 0.15) is 5.56 Å². The van der Waals surface area contributed by atoms with E-state index in [0.717, 1.165) is 37.7 Å². The van der Waals surface area contributed by atoms with E-state index in [1.807, 2.05) is 11.0 Å². The van der Waals surface area contributed by atoms with Gasteiger partial charge >= 0.3 is 0 Å². The fourth-order valence-corrected chi connectivity index (χ4v) is 3.67. The van der Waals surface area contributed by atoms with E-state index in [4.69, 9.17) is 0 Å². The first-order valence-electron chi connectivity index (χ1n) is 8.44. The van der Waals surface area contributed by atoms with Crippen LogP contribution < -0.4 is 5.56 Å². The molecule has 2 heterocycles. The lowest BCUT2D eigenvalue weighted by Gasteiger charge is -2.19. The average molecular weight is 359 g/mol. The van der Waals surface area contributed by atoms with E-state index in [2.05, 4.69) is 9.97 Å². The standard InChI is InChI=1S/C18H21N3O3S/c22-14(21-10-6-1-2-7-11-21)12-25-18-19-16(23)15(17(24)20-18)13-8-4-3-5-9-13/h3-5,8-9H,1-2,6-7,10-12H2,(H2,19,20,23,24). The maximum absolute atomic E-state index is 12.3. The molecule has 0 atom stereocenters. The molecule has 0 bridgehead atoms. The number of carbonyl (C=O) groups excluding carboxylic acids is 1. The van der Waals surface area contributed by atoms with Crippen molar-refractivity contribution in [2.45, 2.75) is 30.8 Å². The molecule has 1 aromatic carbocycles. The summed E-state index contributed by atoms with van der Waals surface area (Å²) < 4.78 is 0. The Labute approximate surface area is 150 Å². The van der Waals surface area contributed by atoms with Gasteiger partial charge < -0.3 is 15.0 Å². The number of likely N-dealkylation sites (tertiary alicyclic amines) is 1. The smallest absolute Gasteiger partial charge is 0.263 e. The van der Waals surface area contributed by atoms with Gasteiger partial charge in [0.25, 0.3) is 5.56 Å². The molecule has 0 aliphatic carbocycles. The summed E-state index contributed by atoms with van der Waals surface area (Å²) in [6, 6.07) is 8.89. The van der Waals surface area contributed by atoms with Gasteiger partial charge in [0.15, 0.2) is 5.16 Å². The first kappa shape index (κ1) is 17.5. The summed E-state index contributed by atoms with van der Waals surface area (Å²) in [6.45, 7) is 1.59. The molecule has 0 unspecified atom stereocenters. The average Bonchev–Trinajstić information content (AvgIpc) is 2.89. The van der Waals surface area contributed by atoms with Crippen LogP contribution in [0.4, 0.5) is 0 Å². The van der Waals surface area contributed by atoms with Crippen LogP contribution in [0.2, 0.25) is 0 Å². The molecule has 1 aromatic heterocycles. The number of H-pyrrole nitrogens is 1. The van der Waals surface area contributed by atoms with E-state index in [-0.39, 0.29) is 28.3 Å². The van der Waals surface area contributed by atoms with E-state index in [0.29, 0.717) is 5.56 Å². The first-order chi connectivity index (χ1) is 12.1. The van der Waals surface area contributed by atoms with Crippen LogP contribution in [0.25, 0.3) is 11.1 Å². The molecular weight excluding hydrogens is 338 g/mol. The number of hydrogen-bond donors (Lipinski definition) is 2. The second-order valence-corrected chi connectivity index (χ2v) is 6.98. The Balaban J connectivity index is 1.69. The molecule has 1 fully saturated rings. The molecule has 1 amide bonds. The van der Waals surface area contributed by atoms with Crippen LogP contribution in [-0.4, -0.2) is 44.7 Å². The Morgan fingerprint density at radius 1 is 1.16 bits per heavy atom. The van der Waals surface area contributed by atoms with E-state index in [1.54, 1.807) is 24.3 Å². The summed E-state index contributed by atoms with van der Waals surface area (Å²) in [5.41, 5.74) is 0.332. The lowest BCUT2D eigenvalue weighted by atomic mass is 10.1. The number of aromatic hydroxyl groups is 1. The highest BCUT2D eigenvalue weighted by molar-refractivity contribution is 7.99. The van der Waals surface area contributed by atoms with Gasteiger partial charge in [-0.15, -0.1) is 0 Å². The van der Waals surface area contributed by atoms with Crippen LogP contribution in [0.15, 0.2) is 40.3 Å². The Morgan fingerprint density at radius 2 is 1.84 bits per heavy atom. The minimum Gasteiger partial charge on any atom is -0.493 e. The van der Waals surface area contributed by atoms with Crippen molar-refractivity contribution in [1.29, 1.82) is 0 Å². The first-order valence-corrected chi connectivity index (χ1v) is 9.43. The highest BCUT2D eigenvalue weighted by atomic mass is 32.2. The van der Waals surface area contributed by atoms with Crippen molar-refractivity contribution in [3.63, 3.8) is 0 Å². The van der Waals surface area contributed by atoms with Gasteiger partial charge in [0.05, 0.1) is 5.75 Å². The van der Waals surface area contributed by atoms with Crippen LogP contribution in [0, 0.1) is 0 Å². The molecule has 7 heteroatoms. The lowest BCUT2D eigenvalue weighted by Crippen LogP contribution is -2.33. The second-order valence-electron chi connectivity index (χ2n) is 6.02. The fraction of sp³-hybridized carbons (Fsp3) is 0.389. The van der Waals surface area contributed by atoms with Crippen LogP contribution in [0.5, 0.6) is 5.88 Å². The predicted octanol–water partition coefficient (Wildman–Crippen LogP) is 2.64. The fourth-order valence-electron chi connectivity index (χ4n) is 2.92. The SMILES string of the molecule is O=C(CSc1nc(O)c(-c2ccccc2)c(=O)[nH]1)N1CCCCCC1. The Hall–Kier alpha value is -2.28. The topological polar surface area (TPSA) is 86.3 Å². The molecule has 2 N–H and O–H groups in total. The quantitative estimate of drug-likeness (QED) is 0.647. The van der Waals surface area contributed by atoms with Crippen LogP contribution in [-0.2, 0) is 4.79 Å². The van der Waals surface area contributed by atoms with Crippen molar-refractivity contribution < 1.29 is 9.90 Å². The molecule has 0 saturated carbocycles. The molecule has 0 spiro atoms. The number of aromatic nitrogens is 2. The zero-order chi connectivity index (χ0) is 17.6. The van der Waals surface area contributed by atoms with Crippen molar-refractivity contribution >= 4 is 17.7 Å². The Morgan fingerprint density at radius 3 is 2.48 bits per heavy atom. The minimum absolute atomic E-state index is 0.0428. The van der Waals surface area contributed by atoms with E-state index in [1.165, 1.54) is 12.8 Å². The van der Waals surface area contributed by atoms with Crippen molar-refractivity contribution in [3.8, 4) is 17.0 Å². The minimum atomic E-state index is -0.413. The van der Waals surface area contributed by atoms with E-state index in [9.17, 15) is 14.7 Å². The third kappa shape index (κ3) is 4.42. The molecule has 132 valence electrons. The molecule has 0 radical (unpaired) electrons. The molecule has 25 heavy (non-hydrogen) atoms. The van der Waals surface area contributed by atoms with Crippen LogP contribution in [0.3, 0.4) is 0 Å². The predicted molar refractivity (Wildman–Crippen MR) is 97.7 cm³/mol. The zero-order valence-corrected chi connectivity index (χ0v) is 14.7. The molecular formula is C18H21N3O3S. The van der Waals surface area contributed by atoms with Gasteiger partial charge in [0.2, 0.25) is 11.8 Å². The highest BCUT2D eigenvalue weighted by Crippen LogP contribution is 2.25. The number of rotatable bonds is 4. The molecule has 2 aromatic rings. The number of nitrogens with zero attached hydrogens (tertiary/aromatic N) is 2.